The van der Waals surface area contributed by atoms with E-state index in [-0.39, 0.29) is 24.4 Å². The fraction of sp³-hybridized carbons (Fsp3) is 0.250. The van der Waals surface area contributed by atoms with Crippen LogP contribution in [0.1, 0.15) is 6.42 Å². The molecule has 0 aromatic carbocycles. The van der Waals surface area contributed by atoms with Gasteiger partial charge in [-0.05, 0) is 0 Å². The lowest BCUT2D eigenvalue weighted by Gasteiger charge is -2.13. The summed E-state index contributed by atoms with van der Waals surface area (Å²) < 4.78 is 0. The number of aromatic amines is 1. The van der Waals surface area contributed by atoms with Gasteiger partial charge in [-0.1, -0.05) is 0 Å². The van der Waals surface area contributed by atoms with E-state index in [4.69, 9.17) is 0 Å². The average Bonchev–Trinajstić information content (AvgIpc) is 2.45. The van der Waals surface area contributed by atoms with Crippen molar-refractivity contribution >= 4 is 17.4 Å². The first-order chi connectivity index (χ1) is 7.09. The second-order valence-corrected chi connectivity index (χ2v) is 3.10. The third-order valence-corrected chi connectivity index (χ3v) is 2.06. The molecule has 1 fully saturated rings. The van der Waals surface area contributed by atoms with Crippen molar-refractivity contribution < 1.29 is 14.7 Å². The van der Waals surface area contributed by atoms with Crippen molar-refractivity contribution in [3.05, 3.63) is 16.7 Å². The Labute approximate surface area is 83.4 Å². The maximum Gasteiger partial charge on any atom is 0.278 e. The Morgan fingerprint density at radius 3 is 2.67 bits per heavy atom. The molecule has 1 aliphatic rings. The van der Waals surface area contributed by atoms with Crippen molar-refractivity contribution in [2.75, 3.05) is 11.4 Å². The number of rotatable bonds is 1. The molecular weight excluding hydrogens is 202 g/mol. The van der Waals surface area contributed by atoms with E-state index in [1.54, 1.807) is 0 Å². The van der Waals surface area contributed by atoms with Crippen LogP contribution in [0.5, 0.6) is 5.88 Å². The third-order valence-electron chi connectivity index (χ3n) is 2.06. The van der Waals surface area contributed by atoms with Crippen LogP contribution in [-0.4, -0.2) is 33.3 Å². The molecular formula is C8H7N3O4. The Bertz CT molecular complexity index is 493. The van der Waals surface area contributed by atoms with Crippen molar-refractivity contribution in [2.24, 2.45) is 0 Å². The number of amides is 1. The van der Waals surface area contributed by atoms with Crippen LogP contribution >= 0.6 is 0 Å². The van der Waals surface area contributed by atoms with E-state index in [0.717, 1.165) is 11.2 Å². The summed E-state index contributed by atoms with van der Waals surface area (Å²) in [6, 6.07) is 0. The molecule has 7 heteroatoms. The number of hydrogen-bond acceptors (Lipinski definition) is 5. The minimum Gasteiger partial charge on any atom is -0.492 e. The van der Waals surface area contributed by atoms with Crippen LogP contribution in [-0.2, 0) is 9.59 Å². The molecule has 0 aliphatic carbocycles. The molecule has 2 heterocycles. The first-order valence-electron chi connectivity index (χ1n) is 4.18. The highest BCUT2D eigenvalue weighted by Crippen LogP contribution is 2.22. The fourth-order valence-electron chi connectivity index (χ4n) is 1.41. The van der Waals surface area contributed by atoms with Gasteiger partial charge in [0.1, 0.15) is 0 Å². The molecule has 78 valence electrons. The molecule has 0 bridgehead atoms. The molecule has 0 atom stereocenters. The maximum absolute atomic E-state index is 11.3. The van der Waals surface area contributed by atoms with Gasteiger partial charge >= 0.3 is 0 Å². The number of nitrogens with zero attached hydrogens (tertiary/aromatic N) is 2. The standard InChI is InChI=1S/C8H7N3O4/c12-4-1-5(13)11(2-4)6-7(14)9-3-10-8(6)15/h3H,1-2H2,(H2,9,10,14,15). The lowest BCUT2D eigenvalue weighted by atomic mass is 10.3. The van der Waals surface area contributed by atoms with Crippen molar-refractivity contribution in [1.82, 2.24) is 9.97 Å². The van der Waals surface area contributed by atoms with Crippen LogP contribution in [0.3, 0.4) is 0 Å². The van der Waals surface area contributed by atoms with Crippen molar-refractivity contribution in [3.8, 4) is 5.88 Å². The van der Waals surface area contributed by atoms with Crippen molar-refractivity contribution in [1.29, 1.82) is 0 Å². The summed E-state index contributed by atoms with van der Waals surface area (Å²) in [6.45, 7) is -0.193. The minimum atomic E-state index is -0.648. The summed E-state index contributed by atoms with van der Waals surface area (Å²) in [5, 5.41) is 9.32. The Kier molecular flexibility index (Phi) is 2.00. The summed E-state index contributed by atoms with van der Waals surface area (Å²) in [5.74, 6) is -1.35. The molecule has 1 amide bonds. The van der Waals surface area contributed by atoms with Crippen molar-refractivity contribution in [3.63, 3.8) is 0 Å². The quantitative estimate of drug-likeness (QED) is 0.564. The van der Waals surface area contributed by atoms with Crippen LogP contribution < -0.4 is 10.5 Å². The zero-order valence-electron chi connectivity index (χ0n) is 7.56. The SMILES string of the molecule is O=C1CC(=O)N(c2c(O)nc[nH]c2=O)C1. The summed E-state index contributed by atoms with van der Waals surface area (Å²) in [4.78, 5) is 40.2. The van der Waals surface area contributed by atoms with Gasteiger partial charge < -0.3 is 10.1 Å². The van der Waals surface area contributed by atoms with Gasteiger partial charge in [-0.25, -0.2) is 4.98 Å². The number of nitrogens with one attached hydrogen (secondary N) is 1. The topological polar surface area (TPSA) is 103 Å². The predicted octanol–water partition coefficient (Wildman–Crippen LogP) is -1.22. The third kappa shape index (κ3) is 1.47. The molecule has 1 aliphatic heterocycles. The predicted molar refractivity (Wildman–Crippen MR) is 48.5 cm³/mol. The van der Waals surface area contributed by atoms with E-state index in [1.165, 1.54) is 0 Å². The zero-order valence-corrected chi connectivity index (χ0v) is 7.56. The molecule has 2 N–H and O–H groups in total. The molecule has 1 aromatic rings. The van der Waals surface area contributed by atoms with Gasteiger partial charge in [0, 0.05) is 0 Å². The summed E-state index contributed by atoms with van der Waals surface area (Å²) >= 11 is 0. The highest BCUT2D eigenvalue weighted by molar-refractivity contribution is 6.15. The van der Waals surface area contributed by atoms with Gasteiger partial charge in [0.05, 0.1) is 19.3 Å². The molecule has 1 aromatic heterocycles. The van der Waals surface area contributed by atoms with Gasteiger partial charge in [-0.3, -0.25) is 19.3 Å². The number of Topliss-reactive ketones (excluding diaryl/α,β-unsaturated/α-hetero) is 1. The second-order valence-electron chi connectivity index (χ2n) is 3.10. The normalized spacial score (nSPS) is 16.1. The monoisotopic (exact) mass is 209 g/mol. The number of carbonyl (C=O) groups is 2. The summed E-state index contributed by atoms with van der Waals surface area (Å²) in [7, 11) is 0. The summed E-state index contributed by atoms with van der Waals surface area (Å²) in [6.07, 6.45) is 0.775. The van der Waals surface area contributed by atoms with Gasteiger partial charge in [-0.15, -0.1) is 0 Å². The Morgan fingerprint density at radius 2 is 2.13 bits per heavy atom. The van der Waals surface area contributed by atoms with Crippen molar-refractivity contribution in [2.45, 2.75) is 6.42 Å². The molecule has 0 radical (unpaired) electrons. The second kappa shape index (κ2) is 3.19. The molecule has 15 heavy (non-hydrogen) atoms. The zero-order chi connectivity index (χ0) is 11.0. The largest absolute Gasteiger partial charge is 0.492 e. The first-order valence-corrected chi connectivity index (χ1v) is 4.18. The number of aromatic hydroxyl groups is 1. The number of ketones is 1. The lowest BCUT2D eigenvalue weighted by molar-refractivity contribution is -0.121. The van der Waals surface area contributed by atoms with Gasteiger partial charge in [0.15, 0.2) is 11.5 Å². The van der Waals surface area contributed by atoms with Crippen LogP contribution in [0.2, 0.25) is 0 Å². The smallest absolute Gasteiger partial charge is 0.278 e. The Hall–Kier alpha value is -2.18. The summed E-state index contributed by atoms with van der Waals surface area (Å²) in [5.41, 5.74) is -0.918. The van der Waals surface area contributed by atoms with Crippen LogP contribution in [0, 0.1) is 0 Å². The van der Waals surface area contributed by atoms with E-state index >= 15 is 0 Å². The van der Waals surface area contributed by atoms with E-state index in [1.807, 2.05) is 0 Å². The molecule has 2 rings (SSSR count). The van der Waals surface area contributed by atoms with E-state index < -0.39 is 17.3 Å². The highest BCUT2D eigenvalue weighted by Gasteiger charge is 2.32. The van der Waals surface area contributed by atoms with Gasteiger partial charge in [0.2, 0.25) is 11.8 Å². The van der Waals surface area contributed by atoms with Crippen LogP contribution in [0.25, 0.3) is 0 Å². The number of carbonyl (C=O) groups excluding carboxylic acids is 2. The van der Waals surface area contributed by atoms with Crippen LogP contribution in [0.15, 0.2) is 11.1 Å². The first kappa shape index (κ1) is 9.38. The number of hydrogen-bond donors (Lipinski definition) is 2. The Morgan fingerprint density at radius 1 is 1.40 bits per heavy atom. The highest BCUT2D eigenvalue weighted by atomic mass is 16.3. The molecule has 1 saturated heterocycles. The van der Waals surface area contributed by atoms with E-state index in [0.29, 0.717) is 0 Å². The van der Waals surface area contributed by atoms with E-state index in [9.17, 15) is 19.5 Å². The number of anilines is 1. The van der Waals surface area contributed by atoms with Crippen LogP contribution in [0.4, 0.5) is 5.69 Å². The molecule has 0 saturated carbocycles. The maximum atomic E-state index is 11.3. The molecule has 7 nitrogen and oxygen atoms in total. The van der Waals surface area contributed by atoms with Gasteiger partial charge in [0.25, 0.3) is 5.56 Å². The van der Waals surface area contributed by atoms with E-state index in [2.05, 4.69) is 9.97 Å². The lowest BCUT2D eigenvalue weighted by Crippen LogP contribution is -2.30. The molecule has 0 unspecified atom stereocenters. The number of aromatic nitrogens is 2. The fourth-order valence-corrected chi connectivity index (χ4v) is 1.41. The average molecular weight is 209 g/mol. The Balaban J connectivity index is 2.51. The number of H-pyrrole nitrogens is 1. The minimum absolute atomic E-state index is 0.193. The molecule has 0 spiro atoms. The van der Waals surface area contributed by atoms with Gasteiger partial charge in [-0.2, -0.15) is 0 Å².